The predicted octanol–water partition coefficient (Wildman–Crippen LogP) is 3.06. The quantitative estimate of drug-likeness (QED) is 0.329. The number of carboxylic acid groups (broad SMARTS) is 1. The van der Waals surface area contributed by atoms with Gasteiger partial charge in [0.25, 0.3) is 0 Å². The molecular weight excluding hydrogens is 497 g/mol. The van der Waals surface area contributed by atoms with Crippen LogP contribution in [0.5, 0.6) is 0 Å². The van der Waals surface area contributed by atoms with Gasteiger partial charge in [0.2, 0.25) is 0 Å². The van der Waals surface area contributed by atoms with E-state index in [1.165, 1.54) is 0 Å². The first-order valence-corrected chi connectivity index (χ1v) is 11.8. The van der Waals surface area contributed by atoms with Gasteiger partial charge in [-0.3, -0.25) is 15.0 Å². The summed E-state index contributed by atoms with van der Waals surface area (Å²) in [5.74, 6) is -1.26. The molecule has 0 N–H and O–H groups in total. The van der Waals surface area contributed by atoms with E-state index in [0.717, 1.165) is 44.3 Å². The Morgan fingerprint density at radius 1 is 0.579 bits per heavy atom. The van der Waals surface area contributed by atoms with E-state index < -0.39 is 5.97 Å². The number of aromatic carboxylic acids is 1. The van der Waals surface area contributed by atoms with Crippen LogP contribution in [0.2, 0.25) is 0 Å². The average molecular weight is 518 g/mol. The van der Waals surface area contributed by atoms with E-state index in [4.69, 9.17) is 0 Å². The Labute approximate surface area is 262 Å². The molecule has 3 aromatic heterocycles. The first-order valence-electron chi connectivity index (χ1n) is 11.8. The summed E-state index contributed by atoms with van der Waals surface area (Å²) in [4.78, 5) is 25.2. The zero-order valence-electron chi connectivity index (χ0n) is 20.7. The fourth-order valence-electron chi connectivity index (χ4n) is 4.67. The monoisotopic (exact) mass is 517 g/mol. The Bertz CT molecular complexity index is 1720. The molecule has 38 heavy (non-hydrogen) atoms. The second kappa shape index (κ2) is 11.5. The van der Waals surface area contributed by atoms with Crippen LogP contribution in [0.1, 0.15) is 10.4 Å². The van der Waals surface area contributed by atoms with Crippen LogP contribution >= 0.6 is 0 Å². The third-order valence-electron chi connectivity index (χ3n) is 6.48. The molecule has 0 aliphatic heterocycles. The Hall–Kier alpha value is -3.52. The molecule has 3 aromatic carbocycles. The van der Waals surface area contributed by atoms with E-state index in [1.807, 2.05) is 97.2 Å². The fraction of sp³-hybridized carbons (Fsp3) is 0. The molecule has 0 atom stereocenters. The number of nitrogens with zero attached hydrogens (tertiary/aromatic N) is 3. The summed E-state index contributed by atoms with van der Waals surface area (Å²) in [5, 5.41) is 13.1. The van der Waals surface area contributed by atoms with E-state index in [1.54, 1.807) is 24.8 Å². The molecule has 0 spiro atoms. The fourth-order valence-corrected chi connectivity index (χ4v) is 4.67. The summed E-state index contributed by atoms with van der Waals surface area (Å²) in [6.45, 7) is 0. The van der Waals surface area contributed by atoms with E-state index in [9.17, 15) is 9.90 Å². The van der Waals surface area contributed by atoms with Gasteiger partial charge in [0.15, 0.2) is 0 Å². The van der Waals surface area contributed by atoms with E-state index in [-0.39, 0.29) is 56.9 Å². The van der Waals surface area contributed by atoms with Crippen molar-refractivity contribution < 1.29 is 61.3 Å². The molecule has 6 aromatic rings. The first kappa shape index (κ1) is 26.1. The Kier molecular flexibility index (Phi) is 7.88. The van der Waals surface area contributed by atoms with Gasteiger partial charge in [-0.2, -0.15) is 0 Å². The minimum Gasteiger partial charge on any atom is -0.545 e. The van der Waals surface area contributed by atoms with E-state index in [2.05, 4.69) is 15.0 Å². The van der Waals surface area contributed by atoms with Crippen LogP contribution in [0.4, 0.5) is 0 Å². The number of hydrogen-bond acceptors (Lipinski definition) is 5. The minimum absolute atomic E-state index is 0. The van der Waals surface area contributed by atoms with Crippen LogP contribution in [0.25, 0.3) is 55.4 Å². The Morgan fingerprint density at radius 3 is 1.58 bits per heavy atom. The van der Waals surface area contributed by atoms with E-state index >= 15 is 0 Å². The molecule has 0 saturated heterocycles. The van der Waals surface area contributed by atoms with Gasteiger partial charge in [0.1, 0.15) is 0 Å². The molecule has 0 unspecified atom stereocenters. The van der Waals surface area contributed by atoms with Gasteiger partial charge in [-0.25, -0.2) is 0 Å². The van der Waals surface area contributed by atoms with Crippen molar-refractivity contribution in [2.75, 3.05) is 0 Å². The maximum Gasteiger partial charge on any atom is 1.00 e. The van der Waals surface area contributed by atoms with Gasteiger partial charge in [0, 0.05) is 41.9 Å². The zero-order chi connectivity index (χ0) is 25.2. The van der Waals surface area contributed by atoms with Crippen molar-refractivity contribution in [3.05, 3.63) is 128 Å². The molecule has 6 heteroatoms. The molecule has 0 bridgehead atoms. The maximum absolute atomic E-state index is 12.4. The van der Waals surface area contributed by atoms with Crippen molar-refractivity contribution in [3.8, 4) is 44.5 Å². The van der Waals surface area contributed by atoms with E-state index in [0.29, 0.717) is 11.1 Å². The number of carboxylic acids is 1. The predicted molar refractivity (Wildman–Crippen MR) is 143 cm³/mol. The van der Waals surface area contributed by atoms with Gasteiger partial charge in [-0.15, -0.1) is 0 Å². The molecule has 0 amide bonds. The number of carbonyl (C=O) groups excluding carboxylic acids is 1. The van der Waals surface area contributed by atoms with Crippen LogP contribution in [0, 0.1) is 0 Å². The smallest absolute Gasteiger partial charge is 0.545 e. The number of benzene rings is 3. The zero-order valence-corrected chi connectivity index (χ0v) is 23.8. The third-order valence-corrected chi connectivity index (χ3v) is 6.48. The standard InChI is InChI=1S/C32H21N3O2.K/c36-32(37)30-29(24-13-9-22(10-14-24)26-5-2-16-34-20-26)18-28(27-6-3-17-35-31(27)30)23-11-7-21(8-12-23)25-4-1-15-33-19-25;/h1-20H,(H,36,37);/q;+1/p-1. The summed E-state index contributed by atoms with van der Waals surface area (Å²) in [6, 6.07) is 29.4. The van der Waals surface area contributed by atoms with Gasteiger partial charge >= 0.3 is 51.4 Å². The van der Waals surface area contributed by atoms with Gasteiger partial charge in [0.05, 0.1) is 11.5 Å². The summed E-state index contributed by atoms with van der Waals surface area (Å²) >= 11 is 0. The van der Waals surface area contributed by atoms with Crippen LogP contribution in [-0.4, -0.2) is 20.9 Å². The van der Waals surface area contributed by atoms with Gasteiger partial charge in [-0.05, 0) is 68.8 Å². The normalized spacial score (nSPS) is 10.6. The largest absolute Gasteiger partial charge is 1.00 e. The van der Waals surface area contributed by atoms with Crippen molar-refractivity contribution in [3.63, 3.8) is 0 Å². The summed E-state index contributed by atoms with van der Waals surface area (Å²) in [7, 11) is 0. The molecule has 3 heterocycles. The molecule has 0 aliphatic rings. The minimum atomic E-state index is -1.26. The van der Waals surface area contributed by atoms with Crippen molar-refractivity contribution in [2.24, 2.45) is 0 Å². The SMILES string of the molecule is O=C([O-])c1c(-c2ccc(-c3cccnc3)cc2)cc(-c2ccc(-c3cccnc3)cc2)c2cccnc12.[K+]. The Morgan fingerprint density at radius 2 is 1.08 bits per heavy atom. The van der Waals surface area contributed by atoms with Crippen molar-refractivity contribution >= 4 is 16.9 Å². The molecular formula is C32H20KN3O2. The molecule has 176 valence electrons. The van der Waals surface area contributed by atoms with Crippen LogP contribution < -0.4 is 56.5 Å². The van der Waals surface area contributed by atoms with Crippen LogP contribution in [0.3, 0.4) is 0 Å². The van der Waals surface area contributed by atoms with Crippen molar-refractivity contribution in [1.82, 2.24) is 15.0 Å². The molecule has 0 fully saturated rings. The number of carbonyl (C=O) groups is 1. The number of pyridine rings is 3. The number of fused-ring (bicyclic) bond motifs is 1. The first-order chi connectivity index (χ1) is 18.2. The molecule has 0 saturated carbocycles. The second-order valence-electron chi connectivity index (χ2n) is 8.67. The maximum atomic E-state index is 12.4. The second-order valence-corrected chi connectivity index (χ2v) is 8.67. The summed E-state index contributed by atoms with van der Waals surface area (Å²) in [6.07, 6.45) is 8.72. The van der Waals surface area contributed by atoms with Crippen molar-refractivity contribution in [2.45, 2.75) is 0 Å². The summed E-state index contributed by atoms with van der Waals surface area (Å²) in [5.41, 5.74) is 7.76. The summed E-state index contributed by atoms with van der Waals surface area (Å²) < 4.78 is 0. The number of hydrogen-bond donors (Lipinski definition) is 0. The van der Waals surface area contributed by atoms with Gasteiger partial charge in [-0.1, -0.05) is 66.7 Å². The molecule has 0 radical (unpaired) electrons. The molecule has 6 rings (SSSR count). The third kappa shape index (κ3) is 5.09. The average Bonchev–Trinajstić information content (AvgIpc) is 2.97. The Balaban J connectivity index is 0.00000294. The van der Waals surface area contributed by atoms with Crippen LogP contribution in [-0.2, 0) is 0 Å². The van der Waals surface area contributed by atoms with Crippen molar-refractivity contribution in [1.29, 1.82) is 0 Å². The number of rotatable bonds is 5. The molecule has 0 aliphatic carbocycles. The topological polar surface area (TPSA) is 78.8 Å². The van der Waals surface area contributed by atoms with Crippen LogP contribution in [0.15, 0.2) is 122 Å². The number of aromatic nitrogens is 3. The van der Waals surface area contributed by atoms with Gasteiger partial charge < -0.3 is 9.90 Å². The molecule has 5 nitrogen and oxygen atoms in total.